The summed E-state index contributed by atoms with van der Waals surface area (Å²) in [5.41, 5.74) is 2.62. The van der Waals surface area contributed by atoms with Crippen LogP contribution in [0.3, 0.4) is 0 Å². The maximum absolute atomic E-state index is 11.8. The highest BCUT2D eigenvalue weighted by Crippen LogP contribution is 2.34. The zero-order valence-corrected chi connectivity index (χ0v) is 19.7. The number of guanidine groups is 1. The molecule has 0 aliphatic rings. The second-order valence-corrected chi connectivity index (χ2v) is 8.97. The number of methoxy groups -OCH3 is 3. The van der Waals surface area contributed by atoms with Crippen molar-refractivity contribution in [3.05, 3.63) is 47.0 Å². The third-order valence-electron chi connectivity index (χ3n) is 4.81. The van der Waals surface area contributed by atoms with Gasteiger partial charge in [-0.05, 0) is 30.5 Å². The lowest BCUT2D eigenvalue weighted by Crippen LogP contribution is -2.37. The molecular weight excluding hydrogens is 418 g/mol. The number of aryl methyl sites for hydroxylation is 1. The normalized spacial score (nSPS) is 11.7. The molecule has 9 heteroatoms. The molecule has 2 N–H and O–H groups in total. The number of benzene rings is 2. The van der Waals surface area contributed by atoms with Gasteiger partial charge in [0.15, 0.2) is 15.8 Å². The van der Waals surface area contributed by atoms with Gasteiger partial charge >= 0.3 is 0 Å². The summed E-state index contributed by atoms with van der Waals surface area (Å²) in [4.78, 5) is 4.59. The molecule has 0 radical (unpaired) electrons. The topological polar surface area (TPSA) is 98.2 Å². The number of nitrogens with one attached hydrogen (secondary N) is 2. The van der Waals surface area contributed by atoms with Crippen molar-refractivity contribution >= 4 is 15.8 Å². The van der Waals surface area contributed by atoms with Crippen molar-refractivity contribution < 1.29 is 22.6 Å². The summed E-state index contributed by atoms with van der Waals surface area (Å²) in [5, 5.41) is 6.51. The third-order valence-corrected chi connectivity index (χ3v) is 6.06. The van der Waals surface area contributed by atoms with E-state index in [1.807, 2.05) is 18.2 Å². The standard InChI is InChI=1S/C22H31N3O5S/c1-15-11-16(7-8-21(15)31(6,26)27)14-25-22(23-2)24-10-9-18-19(29-4)12-17(28-3)13-20(18)30-5/h7-8,11-13H,9-10,14H2,1-6H3,(H2,23,24,25). The van der Waals surface area contributed by atoms with E-state index in [0.29, 0.717) is 47.6 Å². The van der Waals surface area contributed by atoms with E-state index in [1.54, 1.807) is 47.4 Å². The molecule has 170 valence electrons. The number of ether oxygens (including phenoxy) is 3. The van der Waals surface area contributed by atoms with Crippen LogP contribution in [0.4, 0.5) is 0 Å². The Morgan fingerprint density at radius 3 is 2.13 bits per heavy atom. The molecule has 0 unspecified atom stereocenters. The van der Waals surface area contributed by atoms with Gasteiger partial charge in [-0.1, -0.05) is 12.1 Å². The number of nitrogens with zero attached hydrogens (tertiary/aromatic N) is 1. The van der Waals surface area contributed by atoms with E-state index < -0.39 is 9.84 Å². The summed E-state index contributed by atoms with van der Waals surface area (Å²) in [7, 11) is 3.30. The zero-order valence-electron chi connectivity index (χ0n) is 18.9. The fraction of sp³-hybridized carbons (Fsp3) is 0.409. The SMILES string of the molecule is CN=C(NCCc1c(OC)cc(OC)cc1OC)NCc1ccc(S(C)(=O)=O)c(C)c1. The molecular formula is C22H31N3O5S. The average Bonchev–Trinajstić information content (AvgIpc) is 2.74. The molecule has 0 saturated carbocycles. The molecule has 0 saturated heterocycles. The predicted molar refractivity (Wildman–Crippen MR) is 122 cm³/mol. The van der Waals surface area contributed by atoms with Crippen molar-refractivity contribution in [3.63, 3.8) is 0 Å². The fourth-order valence-corrected chi connectivity index (χ4v) is 4.23. The monoisotopic (exact) mass is 449 g/mol. The quantitative estimate of drug-likeness (QED) is 0.448. The van der Waals surface area contributed by atoms with Crippen molar-refractivity contribution in [2.75, 3.05) is 41.2 Å². The molecule has 0 spiro atoms. The molecule has 0 fully saturated rings. The van der Waals surface area contributed by atoms with Crippen molar-refractivity contribution in [2.24, 2.45) is 4.99 Å². The molecule has 2 rings (SSSR count). The maximum atomic E-state index is 11.8. The first-order chi connectivity index (χ1) is 14.7. The third kappa shape index (κ3) is 6.52. The van der Waals surface area contributed by atoms with E-state index in [0.717, 1.165) is 16.7 Å². The molecule has 0 aliphatic carbocycles. The molecule has 0 atom stereocenters. The summed E-state index contributed by atoms with van der Waals surface area (Å²) >= 11 is 0. The van der Waals surface area contributed by atoms with Gasteiger partial charge < -0.3 is 24.8 Å². The number of hydrogen-bond donors (Lipinski definition) is 2. The van der Waals surface area contributed by atoms with Crippen LogP contribution in [0.25, 0.3) is 0 Å². The van der Waals surface area contributed by atoms with Gasteiger partial charge in [-0.2, -0.15) is 0 Å². The Kier molecular flexibility index (Phi) is 8.56. The first-order valence-electron chi connectivity index (χ1n) is 9.76. The summed E-state index contributed by atoms with van der Waals surface area (Å²) in [6.45, 7) is 2.91. The van der Waals surface area contributed by atoms with Gasteiger partial charge in [0.2, 0.25) is 0 Å². The van der Waals surface area contributed by atoms with Crippen LogP contribution < -0.4 is 24.8 Å². The van der Waals surface area contributed by atoms with Gasteiger partial charge in [0, 0.05) is 44.1 Å². The minimum Gasteiger partial charge on any atom is -0.496 e. The van der Waals surface area contributed by atoms with E-state index in [-0.39, 0.29) is 0 Å². The van der Waals surface area contributed by atoms with E-state index in [9.17, 15) is 8.42 Å². The Bertz CT molecular complexity index is 1010. The average molecular weight is 450 g/mol. The van der Waals surface area contributed by atoms with Crippen LogP contribution >= 0.6 is 0 Å². The van der Waals surface area contributed by atoms with Crippen LogP contribution in [0.5, 0.6) is 17.2 Å². The molecule has 0 heterocycles. The zero-order chi connectivity index (χ0) is 23.0. The molecule has 0 bridgehead atoms. The largest absolute Gasteiger partial charge is 0.496 e. The number of rotatable bonds is 9. The Labute approximate surface area is 184 Å². The lowest BCUT2D eigenvalue weighted by molar-refractivity contribution is 0.368. The first-order valence-corrected chi connectivity index (χ1v) is 11.7. The molecule has 8 nitrogen and oxygen atoms in total. The predicted octanol–water partition coefficient (Wildman–Crippen LogP) is 2.33. The molecule has 2 aromatic rings. The Morgan fingerprint density at radius 1 is 1.00 bits per heavy atom. The van der Waals surface area contributed by atoms with Crippen molar-refractivity contribution in [2.45, 2.75) is 24.8 Å². The lowest BCUT2D eigenvalue weighted by atomic mass is 10.1. The molecule has 0 aromatic heterocycles. The molecule has 2 aromatic carbocycles. The van der Waals surface area contributed by atoms with E-state index in [2.05, 4.69) is 15.6 Å². The summed E-state index contributed by atoms with van der Waals surface area (Å²) in [5.74, 6) is 2.70. The highest BCUT2D eigenvalue weighted by molar-refractivity contribution is 7.90. The highest BCUT2D eigenvalue weighted by atomic mass is 32.2. The number of hydrogen-bond acceptors (Lipinski definition) is 6. The Morgan fingerprint density at radius 2 is 1.65 bits per heavy atom. The Hall–Kier alpha value is -2.94. The minimum atomic E-state index is -3.23. The van der Waals surface area contributed by atoms with E-state index in [4.69, 9.17) is 14.2 Å². The molecule has 31 heavy (non-hydrogen) atoms. The van der Waals surface area contributed by atoms with Crippen LogP contribution in [-0.4, -0.2) is 55.6 Å². The van der Waals surface area contributed by atoms with Gasteiger partial charge in [0.05, 0.1) is 26.2 Å². The van der Waals surface area contributed by atoms with Crippen LogP contribution in [0.1, 0.15) is 16.7 Å². The maximum Gasteiger partial charge on any atom is 0.191 e. The second-order valence-electron chi connectivity index (χ2n) is 6.99. The van der Waals surface area contributed by atoms with Crippen LogP contribution in [0.2, 0.25) is 0 Å². The lowest BCUT2D eigenvalue weighted by Gasteiger charge is -2.16. The van der Waals surface area contributed by atoms with Gasteiger partial charge in [-0.3, -0.25) is 4.99 Å². The van der Waals surface area contributed by atoms with E-state index >= 15 is 0 Å². The fourth-order valence-electron chi connectivity index (χ4n) is 3.27. The van der Waals surface area contributed by atoms with Crippen molar-refractivity contribution in [1.82, 2.24) is 10.6 Å². The highest BCUT2D eigenvalue weighted by Gasteiger charge is 2.14. The van der Waals surface area contributed by atoms with Crippen molar-refractivity contribution in [3.8, 4) is 17.2 Å². The summed E-state index contributed by atoms with van der Waals surface area (Å²) in [6, 6.07) is 8.96. The van der Waals surface area contributed by atoms with Crippen LogP contribution in [-0.2, 0) is 22.8 Å². The summed E-state index contributed by atoms with van der Waals surface area (Å²) in [6.07, 6.45) is 1.87. The van der Waals surface area contributed by atoms with Crippen LogP contribution in [0.15, 0.2) is 40.2 Å². The summed E-state index contributed by atoms with van der Waals surface area (Å²) < 4.78 is 39.8. The van der Waals surface area contributed by atoms with E-state index in [1.165, 1.54) is 6.26 Å². The van der Waals surface area contributed by atoms with Gasteiger partial charge in [-0.15, -0.1) is 0 Å². The van der Waals surface area contributed by atoms with Crippen molar-refractivity contribution in [1.29, 1.82) is 0 Å². The molecule has 0 amide bonds. The van der Waals surface area contributed by atoms with Gasteiger partial charge in [0.25, 0.3) is 0 Å². The second kappa shape index (κ2) is 10.9. The number of sulfone groups is 1. The minimum absolute atomic E-state index is 0.348. The van der Waals surface area contributed by atoms with Gasteiger partial charge in [0.1, 0.15) is 17.2 Å². The number of aliphatic imine (C=N–C) groups is 1. The van der Waals surface area contributed by atoms with Crippen LogP contribution in [0, 0.1) is 6.92 Å². The first kappa shape index (κ1) is 24.3. The smallest absolute Gasteiger partial charge is 0.191 e. The Balaban J connectivity index is 1.99. The van der Waals surface area contributed by atoms with Gasteiger partial charge in [-0.25, -0.2) is 8.42 Å². The molecule has 0 aliphatic heterocycles.